The number of rotatable bonds is 4. The summed E-state index contributed by atoms with van der Waals surface area (Å²) in [6.45, 7) is -0.389. The highest BCUT2D eigenvalue weighted by atomic mass is 19.1. The van der Waals surface area contributed by atoms with Crippen molar-refractivity contribution in [3.63, 3.8) is 0 Å². The number of nitrogens with two attached hydrogens (primary N) is 1. The number of aliphatic carboxylic acids is 1. The summed E-state index contributed by atoms with van der Waals surface area (Å²) in [5.41, 5.74) is 5.50. The zero-order valence-corrected chi connectivity index (χ0v) is 8.14. The minimum absolute atomic E-state index is 0.0388. The monoisotopic (exact) mass is 227 g/mol. The van der Waals surface area contributed by atoms with Gasteiger partial charge in [0.1, 0.15) is 12.4 Å². The lowest BCUT2D eigenvalue weighted by atomic mass is 10.2. The van der Waals surface area contributed by atoms with Crippen molar-refractivity contribution in [2.45, 2.75) is 0 Å². The molecule has 0 heterocycles. The van der Waals surface area contributed by atoms with E-state index in [2.05, 4.69) is 10.5 Å². The van der Waals surface area contributed by atoms with Crippen LogP contribution in [-0.4, -0.2) is 28.7 Å². The number of amidine groups is 1. The first-order chi connectivity index (χ1) is 7.54. The Labute approximate surface area is 90.2 Å². The number of carboxylic acid groups (broad SMARTS) is 1. The Morgan fingerprint density at radius 1 is 1.56 bits per heavy atom. The number of halogens is 1. The average molecular weight is 227 g/mol. The summed E-state index contributed by atoms with van der Waals surface area (Å²) in [5, 5.41) is 21.9. The first-order valence-electron chi connectivity index (χ1n) is 4.27. The second-order valence-corrected chi connectivity index (χ2v) is 2.93. The van der Waals surface area contributed by atoms with Crippen molar-refractivity contribution < 1.29 is 19.5 Å². The number of carboxylic acids is 1. The van der Waals surface area contributed by atoms with Gasteiger partial charge in [-0.25, -0.2) is 4.39 Å². The Morgan fingerprint density at radius 3 is 2.75 bits per heavy atom. The predicted octanol–water partition coefficient (Wildman–Crippen LogP) is 0.417. The molecule has 0 fully saturated rings. The van der Waals surface area contributed by atoms with Crippen molar-refractivity contribution in [1.29, 1.82) is 0 Å². The van der Waals surface area contributed by atoms with Crippen LogP contribution < -0.4 is 11.1 Å². The van der Waals surface area contributed by atoms with E-state index < -0.39 is 11.8 Å². The molecule has 1 rings (SSSR count). The minimum atomic E-state index is -1.10. The zero-order chi connectivity index (χ0) is 12.1. The Morgan fingerprint density at radius 2 is 2.25 bits per heavy atom. The van der Waals surface area contributed by atoms with Crippen LogP contribution in [0.3, 0.4) is 0 Å². The number of hydrogen-bond donors (Lipinski definition) is 4. The molecule has 1 aromatic rings. The highest BCUT2D eigenvalue weighted by Gasteiger charge is 2.07. The maximum atomic E-state index is 13.3. The first kappa shape index (κ1) is 11.8. The predicted molar refractivity (Wildman–Crippen MR) is 55.0 cm³/mol. The number of benzene rings is 1. The molecule has 0 aromatic heterocycles. The number of nitrogens with zero attached hydrogens (tertiary/aromatic N) is 1. The van der Waals surface area contributed by atoms with E-state index in [0.717, 1.165) is 6.07 Å². The number of nitrogens with one attached hydrogen (secondary N) is 1. The van der Waals surface area contributed by atoms with E-state index in [0.29, 0.717) is 0 Å². The number of anilines is 1. The summed E-state index contributed by atoms with van der Waals surface area (Å²) in [6, 6.07) is 3.76. The van der Waals surface area contributed by atoms with Crippen molar-refractivity contribution >= 4 is 17.5 Å². The number of hydrogen-bond acceptors (Lipinski definition) is 4. The van der Waals surface area contributed by atoms with Gasteiger partial charge in [-0.05, 0) is 18.2 Å². The summed E-state index contributed by atoms with van der Waals surface area (Å²) < 4.78 is 13.3. The van der Waals surface area contributed by atoms with Gasteiger partial charge in [0.15, 0.2) is 5.84 Å². The molecule has 0 amide bonds. The van der Waals surface area contributed by atoms with Gasteiger partial charge < -0.3 is 21.4 Å². The lowest BCUT2D eigenvalue weighted by molar-refractivity contribution is -0.134. The molecule has 0 atom stereocenters. The van der Waals surface area contributed by atoms with Gasteiger partial charge in [0.2, 0.25) is 0 Å². The molecule has 0 aliphatic heterocycles. The lowest BCUT2D eigenvalue weighted by Gasteiger charge is -2.06. The van der Waals surface area contributed by atoms with Crippen molar-refractivity contribution in [2.24, 2.45) is 10.9 Å². The Bertz CT molecular complexity index is 434. The summed E-state index contributed by atoms with van der Waals surface area (Å²) in [5.74, 6) is -1.99. The molecular weight excluding hydrogens is 217 g/mol. The summed E-state index contributed by atoms with van der Waals surface area (Å²) in [4.78, 5) is 10.2. The first-order valence-corrected chi connectivity index (χ1v) is 4.27. The van der Waals surface area contributed by atoms with Crippen molar-refractivity contribution in [3.05, 3.63) is 29.6 Å². The van der Waals surface area contributed by atoms with Crippen LogP contribution in [-0.2, 0) is 4.79 Å². The zero-order valence-electron chi connectivity index (χ0n) is 8.14. The molecule has 0 saturated heterocycles. The summed E-state index contributed by atoms with van der Waals surface area (Å²) >= 11 is 0. The van der Waals surface area contributed by atoms with Crippen LogP contribution in [0, 0.1) is 5.82 Å². The average Bonchev–Trinajstić information content (AvgIpc) is 2.26. The highest BCUT2D eigenvalue weighted by molar-refractivity contribution is 5.97. The van der Waals surface area contributed by atoms with Crippen LogP contribution in [0.4, 0.5) is 10.1 Å². The van der Waals surface area contributed by atoms with Gasteiger partial charge in [-0.1, -0.05) is 5.16 Å². The van der Waals surface area contributed by atoms with Gasteiger partial charge in [-0.15, -0.1) is 0 Å². The normalized spacial score (nSPS) is 11.2. The van der Waals surface area contributed by atoms with Gasteiger partial charge in [0.25, 0.3) is 0 Å². The molecule has 0 saturated carbocycles. The quantitative estimate of drug-likeness (QED) is 0.258. The Hall–Kier alpha value is -2.31. The molecule has 0 radical (unpaired) electrons. The third-order valence-electron chi connectivity index (χ3n) is 1.80. The van der Waals surface area contributed by atoms with E-state index in [4.69, 9.17) is 16.0 Å². The van der Waals surface area contributed by atoms with Crippen LogP contribution in [0.25, 0.3) is 0 Å². The minimum Gasteiger partial charge on any atom is -0.480 e. The van der Waals surface area contributed by atoms with Crippen molar-refractivity contribution in [2.75, 3.05) is 11.9 Å². The maximum Gasteiger partial charge on any atom is 0.322 e. The second-order valence-electron chi connectivity index (χ2n) is 2.93. The van der Waals surface area contributed by atoms with Crippen LogP contribution in [0.1, 0.15) is 5.56 Å². The SMILES string of the molecule is NC(=NO)c1ccc(NCC(=O)O)c(F)c1. The molecular formula is C9H10FN3O3. The van der Waals surface area contributed by atoms with Gasteiger partial charge in [-0.3, -0.25) is 4.79 Å². The molecule has 0 aliphatic carbocycles. The largest absolute Gasteiger partial charge is 0.480 e. The van der Waals surface area contributed by atoms with Gasteiger partial charge in [-0.2, -0.15) is 0 Å². The Balaban J connectivity index is 2.87. The number of oxime groups is 1. The van der Waals surface area contributed by atoms with E-state index in [-0.39, 0.29) is 23.6 Å². The van der Waals surface area contributed by atoms with Crippen LogP contribution in [0.2, 0.25) is 0 Å². The molecule has 5 N–H and O–H groups in total. The third-order valence-corrected chi connectivity index (χ3v) is 1.80. The maximum absolute atomic E-state index is 13.3. The molecule has 1 aromatic carbocycles. The highest BCUT2D eigenvalue weighted by Crippen LogP contribution is 2.15. The fourth-order valence-corrected chi connectivity index (χ4v) is 1.05. The Kier molecular flexibility index (Phi) is 3.65. The van der Waals surface area contributed by atoms with Crippen LogP contribution in [0.15, 0.2) is 23.4 Å². The van der Waals surface area contributed by atoms with E-state index in [1.165, 1.54) is 12.1 Å². The van der Waals surface area contributed by atoms with E-state index in [9.17, 15) is 9.18 Å². The van der Waals surface area contributed by atoms with Crippen molar-refractivity contribution in [1.82, 2.24) is 0 Å². The molecule has 16 heavy (non-hydrogen) atoms. The molecule has 0 aliphatic rings. The summed E-state index contributed by atoms with van der Waals surface area (Å²) in [7, 11) is 0. The second kappa shape index (κ2) is 4.96. The molecule has 6 nitrogen and oxygen atoms in total. The molecule has 0 spiro atoms. The standard InChI is InChI=1S/C9H10FN3O3/c10-6-3-5(9(11)13-16)1-2-7(6)12-4-8(14)15/h1-3,12,16H,4H2,(H2,11,13)(H,14,15). The topological polar surface area (TPSA) is 108 Å². The number of carbonyl (C=O) groups is 1. The fourth-order valence-electron chi connectivity index (χ4n) is 1.05. The van der Waals surface area contributed by atoms with Crippen molar-refractivity contribution in [3.8, 4) is 0 Å². The van der Waals surface area contributed by atoms with Gasteiger partial charge in [0.05, 0.1) is 5.69 Å². The van der Waals surface area contributed by atoms with E-state index >= 15 is 0 Å². The van der Waals surface area contributed by atoms with Crippen LogP contribution >= 0.6 is 0 Å². The fraction of sp³-hybridized carbons (Fsp3) is 0.111. The van der Waals surface area contributed by atoms with Crippen LogP contribution in [0.5, 0.6) is 0 Å². The molecule has 7 heteroatoms. The van der Waals surface area contributed by atoms with E-state index in [1.807, 2.05) is 0 Å². The van der Waals surface area contributed by atoms with Gasteiger partial charge in [0, 0.05) is 5.56 Å². The smallest absolute Gasteiger partial charge is 0.322 e. The summed E-state index contributed by atoms with van der Waals surface area (Å²) in [6.07, 6.45) is 0. The molecule has 86 valence electrons. The molecule has 0 unspecified atom stereocenters. The van der Waals surface area contributed by atoms with E-state index in [1.54, 1.807) is 0 Å². The lowest BCUT2D eigenvalue weighted by Crippen LogP contribution is -2.15. The molecule has 0 bridgehead atoms. The van der Waals surface area contributed by atoms with Gasteiger partial charge >= 0.3 is 5.97 Å². The third kappa shape index (κ3) is 2.84.